The molecule has 1 fully saturated rings. The predicted octanol–water partition coefficient (Wildman–Crippen LogP) is 1.52. The highest BCUT2D eigenvalue weighted by Crippen LogP contribution is 2.44. The molecule has 0 radical (unpaired) electrons. The van der Waals surface area contributed by atoms with Gasteiger partial charge in [-0.2, -0.15) is 0 Å². The Hall–Kier alpha value is -1.32. The van der Waals surface area contributed by atoms with Gasteiger partial charge in [0, 0.05) is 25.9 Å². The summed E-state index contributed by atoms with van der Waals surface area (Å²) in [6, 6.07) is 0. The number of aliphatic carboxylic acids is 1. The molecule has 4 heteroatoms. The summed E-state index contributed by atoms with van der Waals surface area (Å²) in [5.41, 5.74) is 0. The van der Waals surface area contributed by atoms with Crippen molar-refractivity contribution in [1.82, 2.24) is 4.90 Å². The zero-order valence-electron chi connectivity index (χ0n) is 10.1. The second kappa shape index (κ2) is 4.90. The van der Waals surface area contributed by atoms with Crippen molar-refractivity contribution >= 4 is 11.9 Å². The SMILES string of the molecule is CN(CCCC(=O)O)C(=O)C1CC2C=CC1C2. The lowest BCUT2D eigenvalue weighted by atomic mass is 9.92. The Labute approximate surface area is 101 Å². The molecule has 0 heterocycles. The van der Waals surface area contributed by atoms with Crippen LogP contribution in [0.15, 0.2) is 12.2 Å². The Bertz CT molecular complexity index is 351. The molecule has 17 heavy (non-hydrogen) atoms. The Balaban J connectivity index is 1.79. The molecule has 0 aliphatic heterocycles. The Morgan fingerprint density at radius 1 is 1.35 bits per heavy atom. The largest absolute Gasteiger partial charge is 0.481 e. The molecule has 2 bridgehead atoms. The topological polar surface area (TPSA) is 57.6 Å². The maximum atomic E-state index is 12.2. The molecule has 4 nitrogen and oxygen atoms in total. The molecule has 2 aliphatic rings. The first kappa shape index (κ1) is 12.1. The van der Waals surface area contributed by atoms with E-state index in [9.17, 15) is 9.59 Å². The standard InChI is InChI=1S/C13H19NO3/c1-14(6-2-3-12(15)16)13(17)11-8-9-4-5-10(11)7-9/h4-5,9-11H,2-3,6-8H2,1H3,(H,15,16). The molecule has 2 aliphatic carbocycles. The van der Waals surface area contributed by atoms with E-state index in [2.05, 4.69) is 12.2 Å². The molecule has 1 saturated carbocycles. The average molecular weight is 237 g/mol. The van der Waals surface area contributed by atoms with Crippen LogP contribution in [0.2, 0.25) is 0 Å². The van der Waals surface area contributed by atoms with E-state index in [0.717, 1.165) is 12.8 Å². The summed E-state index contributed by atoms with van der Waals surface area (Å²) >= 11 is 0. The summed E-state index contributed by atoms with van der Waals surface area (Å²) in [4.78, 5) is 24.3. The maximum absolute atomic E-state index is 12.2. The molecular formula is C13H19NO3. The first-order valence-electron chi connectivity index (χ1n) is 6.23. The van der Waals surface area contributed by atoms with E-state index in [4.69, 9.17) is 5.11 Å². The van der Waals surface area contributed by atoms with E-state index in [1.807, 2.05) is 0 Å². The molecule has 0 aromatic heterocycles. The summed E-state index contributed by atoms with van der Waals surface area (Å²) in [5, 5.41) is 8.55. The lowest BCUT2D eigenvalue weighted by Gasteiger charge is -2.24. The van der Waals surface area contributed by atoms with Gasteiger partial charge < -0.3 is 10.0 Å². The quantitative estimate of drug-likeness (QED) is 0.738. The number of carboxylic acids is 1. The third kappa shape index (κ3) is 2.68. The monoisotopic (exact) mass is 237 g/mol. The number of carbonyl (C=O) groups is 2. The number of rotatable bonds is 5. The Kier molecular flexibility index (Phi) is 3.50. The van der Waals surface area contributed by atoms with Gasteiger partial charge in [0.2, 0.25) is 5.91 Å². The molecule has 0 spiro atoms. The van der Waals surface area contributed by atoms with Crippen LogP contribution in [-0.2, 0) is 9.59 Å². The first-order chi connectivity index (χ1) is 8.08. The van der Waals surface area contributed by atoms with Gasteiger partial charge in [-0.25, -0.2) is 0 Å². The number of fused-ring (bicyclic) bond motifs is 2. The van der Waals surface area contributed by atoms with Gasteiger partial charge in [-0.15, -0.1) is 0 Å². The van der Waals surface area contributed by atoms with Crippen molar-refractivity contribution in [3.63, 3.8) is 0 Å². The fourth-order valence-electron chi connectivity index (χ4n) is 2.93. The van der Waals surface area contributed by atoms with Gasteiger partial charge in [-0.05, 0) is 31.1 Å². The van der Waals surface area contributed by atoms with Crippen molar-refractivity contribution in [2.75, 3.05) is 13.6 Å². The van der Waals surface area contributed by atoms with Gasteiger partial charge in [0.15, 0.2) is 0 Å². The lowest BCUT2D eigenvalue weighted by Crippen LogP contribution is -2.35. The van der Waals surface area contributed by atoms with E-state index in [0.29, 0.717) is 24.8 Å². The molecular weight excluding hydrogens is 218 g/mol. The van der Waals surface area contributed by atoms with Crippen LogP contribution in [0.3, 0.4) is 0 Å². The van der Waals surface area contributed by atoms with Crippen LogP contribution in [0.1, 0.15) is 25.7 Å². The van der Waals surface area contributed by atoms with Crippen LogP contribution in [0.4, 0.5) is 0 Å². The molecule has 0 saturated heterocycles. The van der Waals surface area contributed by atoms with Crippen molar-refractivity contribution in [3.8, 4) is 0 Å². The van der Waals surface area contributed by atoms with E-state index in [1.165, 1.54) is 0 Å². The number of carboxylic acid groups (broad SMARTS) is 1. The molecule has 3 atom stereocenters. The van der Waals surface area contributed by atoms with Crippen LogP contribution in [0.5, 0.6) is 0 Å². The van der Waals surface area contributed by atoms with Crippen LogP contribution >= 0.6 is 0 Å². The third-order valence-electron chi connectivity index (χ3n) is 3.86. The third-order valence-corrected chi connectivity index (χ3v) is 3.86. The second-order valence-corrected chi connectivity index (χ2v) is 5.14. The van der Waals surface area contributed by atoms with E-state index in [-0.39, 0.29) is 18.2 Å². The number of nitrogens with zero attached hydrogens (tertiary/aromatic N) is 1. The van der Waals surface area contributed by atoms with Crippen LogP contribution in [0.25, 0.3) is 0 Å². The van der Waals surface area contributed by atoms with Gasteiger partial charge in [0.05, 0.1) is 0 Å². The smallest absolute Gasteiger partial charge is 0.303 e. The molecule has 2 rings (SSSR count). The fraction of sp³-hybridized carbons (Fsp3) is 0.692. The molecule has 0 aromatic carbocycles. The van der Waals surface area contributed by atoms with Crippen molar-refractivity contribution in [3.05, 3.63) is 12.2 Å². The molecule has 3 unspecified atom stereocenters. The minimum atomic E-state index is -0.797. The van der Waals surface area contributed by atoms with Crippen LogP contribution < -0.4 is 0 Å². The zero-order valence-corrected chi connectivity index (χ0v) is 10.1. The van der Waals surface area contributed by atoms with E-state index in [1.54, 1.807) is 11.9 Å². The number of hydrogen-bond acceptors (Lipinski definition) is 2. The number of carbonyl (C=O) groups excluding carboxylic acids is 1. The highest BCUT2D eigenvalue weighted by molar-refractivity contribution is 5.80. The lowest BCUT2D eigenvalue weighted by molar-refractivity contribution is -0.139. The molecule has 94 valence electrons. The molecule has 0 aromatic rings. The van der Waals surface area contributed by atoms with Gasteiger partial charge in [-0.1, -0.05) is 12.2 Å². The fourth-order valence-corrected chi connectivity index (χ4v) is 2.93. The first-order valence-corrected chi connectivity index (χ1v) is 6.23. The summed E-state index contributed by atoms with van der Waals surface area (Å²) in [6.45, 7) is 0.544. The van der Waals surface area contributed by atoms with Gasteiger partial charge in [0.1, 0.15) is 0 Å². The summed E-state index contributed by atoms with van der Waals surface area (Å²) < 4.78 is 0. The van der Waals surface area contributed by atoms with Crippen LogP contribution in [-0.4, -0.2) is 35.5 Å². The minimum absolute atomic E-state index is 0.133. The summed E-state index contributed by atoms with van der Waals surface area (Å²) in [5.74, 6) is 0.552. The molecule has 1 amide bonds. The number of allylic oxidation sites excluding steroid dienone is 2. The van der Waals surface area contributed by atoms with Gasteiger partial charge in [0.25, 0.3) is 0 Å². The highest BCUT2D eigenvalue weighted by atomic mass is 16.4. The predicted molar refractivity (Wildman–Crippen MR) is 63.4 cm³/mol. The zero-order chi connectivity index (χ0) is 12.4. The summed E-state index contributed by atoms with van der Waals surface area (Å²) in [6.07, 6.45) is 7.16. The van der Waals surface area contributed by atoms with Gasteiger partial charge >= 0.3 is 5.97 Å². The van der Waals surface area contributed by atoms with E-state index >= 15 is 0 Å². The second-order valence-electron chi connectivity index (χ2n) is 5.14. The average Bonchev–Trinajstić information content (AvgIpc) is 2.88. The van der Waals surface area contributed by atoms with Crippen molar-refractivity contribution < 1.29 is 14.7 Å². The van der Waals surface area contributed by atoms with Crippen molar-refractivity contribution in [2.24, 2.45) is 17.8 Å². The highest BCUT2D eigenvalue weighted by Gasteiger charge is 2.40. The van der Waals surface area contributed by atoms with Crippen molar-refractivity contribution in [1.29, 1.82) is 0 Å². The van der Waals surface area contributed by atoms with Crippen LogP contribution in [0, 0.1) is 17.8 Å². The maximum Gasteiger partial charge on any atom is 0.303 e. The normalized spacial score (nSPS) is 29.6. The summed E-state index contributed by atoms with van der Waals surface area (Å²) in [7, 11) is 1.78. The van der Waals surface area contributed by atoms with Crippen molar-refractivity contribution in [2.45, 2.75) is 25.7 Å². The number of hydrogen-bond donors (Lipinski definition) is 1. The molecule has 1 N–H and O–H groups in total. The Morgan fingerprint density at radius 3 is 2.65 bits per heavy atom. The minimum Gasteiger partial charge on any atom is -0.481 e. The number of amides is 1. The van der Waals surface area contributed by atoms with Gasteiger partial charge in [-0.3, -0.25) is 9.59 Å². The van der Waals surface area contributed by atoms with E-state index < -0.39 is 5.97 Å². The Morgan fingerprint density at radius 2 is 2.12 bits per heavy atom.